The van der Waals surface area contributed by atoms with Crippen LogP contribution >= 0.6 is 0 Å². The molecule has 1 aromatic heterocycles. The zero-order chi connectivity index (χ0) is 28.3. The maximum absolute atomic E-state index is 13.5. The number of para-hydroxylation sites is 1. The Morgan fingerprint density at radius 3 is 2.62 bits per heavy atom. The minimum atomic E-state index is -1.48. The number of rotatable bonds is 8. The third-order valence-corrected chi connectivity index (χ3v) is 6.73. The average Bonchev–Trinajstić information content (AvgIpc) is 2.93. The number of carboxylic acids is 1. The molecule has 1 saturated heterocycles. The quantitative estimate of drug-likeness (QED) is 0.320. The summed E-state index contributed by atoms with van der Waals surface area (Å²) in [5.74, 6) is -3.88. The van der Waals surface area contributed by atoms with E-state index in [-0.39, 0.29) is 42.9 Å². The van der Waals surface area contributed by atoms with Crippen LogP contribution in [0, 0.1) is 0 Å². The number of methoxy groups -OCH3 is 1. The molecule has 0 radical (unpaired) electrons. The van der Waals surface area contributed by atoms with E-state index in [0.717, 1.165) is 4.90 Å². The first kappa shape index (κ1) is 27.6. The van der Waals surface area contributed by atoms with Crippen LogP contribution in [0.25, 0.3) is 0 Å². The number of aromatic nitrogens is 1. The molecular formula is C25H27BN4O9. The third-order valence-electron chi connectivity index (χ3n) is 6.73. The summed E-state index contributed by atoms with van der Waals surface area (Å²) in [5, 5.41) is 22.5. The smallest absolute Gasteiger partial charge is 0.526 e. The van der Waals surface area contributed by atoms with Crippen LogP contribution in [0.5, 0.6) is 11.5 Å². The van der Waals surface area contributed by atoms with E-state index in [1.165, 1.54) is 30.3 Å². The third kappa shape index (κ3) is 5.70. The molecule has 1 aromatic carbocycles. The van der Waals surface area contributed by atoms with Crippen LogP contribution in [0.4, 0.5) is 4.79 Å². The zero-order valence-electron chi connectivity index (χ0n) is 21.3. The van der Waals surface area contributed by atoms with Crippen LogP contribution in [-0.4, -0.2) is 88.4 Å². The van der Waals surface area contributed by atoms with Crippen molar-refractivity contribution in [3.8, 4) is 11.5 Å². The number of ether oxygens (including phenoxy) is 1. The largest absolute Gasteiger partial charge is 0.535 e. The number of carbonyl (C=O) groups is 5. The first-order valence-corrected chi connectivity index (χ1v) is 12.3. The number of carbonyl (C=O) groups excluding carboxylic acids is 4. The number of urea groups is 1. The molecule has 2 aliphatic rings. The molecule has 3 N–H and O–H groups in total. The number of hydrogen-bond acceptors (Lipinski definition) is 9. The van der Waals surface area contributed by atoms with Gasteiger partial charge in [0.15, 0.2) is 5.78 Å². The number of benzene rings is 1. The maximum atomic E-state index is 13.5. The number of Topliss-reactive ketones (excluding diaryl/α,β-unsaturated/α-hetero) is 1. The Hall–Kier alpha value is -4.46. The Morgan fingerprint density at radius 2 is 1.97 bits per heavy atom. The van der Waals surface area contributed by atoms with E-state index in [2.05, 4.69) is 10.3 Å². The van der Waals surface area contributed by atoms with Crippen LogP contribution in [0.1, 0.15) is 41.0 Å². The second-order valence-corrected chi connectivity index (χ2v) is 9.09. The highest BCUT2D eigenvalue weighted by atomic mass is 16.5. The van der Waals surface area contributed by atoms with Crippen molar-refractivity contribution in [2.24, 2.45) is 0 Å². The Bertz CT molecular complexity index is 1300. The number of hydrogen-bond donors (Lipinski definition) is 3. The molecule has 4 rings (SSSR count). The standard InChI is InChI=1S/C25H27BN4O9/c1-3-29-9-10-30(23(33)22(29)32)25(36)28-20(18-8-7-16(38-2)13-27-18)19(31)12-15-11-14-5-4-6-17(24(34)35)21(14)39-26(15)37/h4-8,13,15,20,37H,3,9-12H2,1-2H3,(H,28,36)(H,34,35)/t15-,20?/m1/s1. The minimum Gasteiger partial charge on any atom is -0.535 e. The molecule has 2 aliphatic heterocycles. The summed E-state index contributed by atoms with van der Waals surface area (Å²) in [7, 11) is -0.0407. The molecule has 39 heavy (non-hydrogen) atoms. The van der Waals surface area contributed by atoms with Crippen LogP contribution in [0.15, 0.2) is 36.5 Å². The average molecular weight is 538 g/mol. The second kappa shape index (κ2) is 11.5. The van der Waals surface area contributed by atoms with Gasteiger partial charge in [-0.15, -0.1) is 0 Å². The van der Waals surface area contributed by atoms with E-state index in [1.807, 2.05) is 0 Å². The highest BCUT2D eigenvalue weighted by Crippen LogP contribution is 2.37. The summed E-state index contributed by atoms with van der Waals surface area (Å²) in [5.41, 5.74) is 0.560. The first-order valence-electron chi connectivity index (χ1n) is 12.3. The van der Waals surface area contributed by atoms with E-state index in [4.69, 9.17) is 9.39 Å². The molecule has 4 amide bonds. The lowest BCUT2D eigenvalue weighted by Crippen LogP contribution is -2.58. The Balaban J connectivity index is 1.56. The number of imide groups is 1. The number of nitrogens with zero attached hydrogens (tertiary/aromatic N) is 3. The van der Waals surface area contributed by atoms with Gasteiger partial charge < -0.3 is 29.7 Å². The SMILES string of the molecule is CCN1CCN(C(=O)NC(C(=O)C[C@H]2Cc3cccc(C(=O)O)c3OB2O)c2ccc(OC)cn2)C(=O)C1=O. The number of likely N-dealkylation sites (N-methyl/N-ethyl adjacent to an activating group) is 1. The molecule has 2 atom stereocenters. The lowest BCUT2D eigenvalue weighted by molar-refractivity contribution is -0.153. The molecule has 1 fully saturated rings. The number of amides is 4. The summed E-state index contributed by atoms with van der Waals surface area (Å²) < 4.78 is 10.6. The summed E-state index contributed by atoms with van der Waals surface area (Å²) >= 11 is 0. The van der Waals surface area contributed by atoms with Gasteiger partial charge in [-0.25, -0.2) is 9.59 Å². The minimum absolute atomic E-state index is 0.0391. The zero-order valence-corrected chi connectivity index (χ0v) is 21.3. The van der Waals surface area contributed by atoms with Gasteiger partial charge in [-0.05, 0) is 37.1 Å². The van der Waals surface area contributed by atoms with Crippen molar-refractivity contribution in [2.45, 2.75) is 31.6 Å². The predicted molar refractivity (Wildman–Crippen MR) is 135 cm³/mol. The van der Waals surface area contributed by atoms with Crippen molar-refractivity contribution in [2.75, 3.05) is 26.7 Å². The Morgan fingerprint density at radius 1 is 1.21 bits per heavy atom. The van der Waals surface area contributed by atoms with Crippen LogP contribution in [0.2, 0.25) is 5.82 Å². The van der Waals surface area contributed by atoms with Gasteiger partial charge in [0.2, 0.25) is 0 Å². The van der Waals surface area contributed by atoms with Gasteiger partial charge in [0, 0.05) is 31.9 Å². The summed E-state index contributed by atoms with van der Waals surface area (Å²) in [6.07, 6.45) is 1.23. The van der Waals surface area contributed by atoms with Gasteiger partial charge in [0.1, 0.15) is 17.5 Å². The molecule has 0 bridgehead atoms. The number of fused-ring (bicyclic) bond motifs is 1. The van der Waals surface area contributed by atoms with Crippen molar-refractivity contribution in [3.63, 3.8) is 0 Å². The Kier molecular flexibility index (Phi) is 8.14. The van der Waals surface area contributed by atoms with E-state index in [9.17, 15) is 34.1 Å². The van der Waals surface area contributed by atoms with Gasteiger partial charge in [-0.1, -0.05) is 12.1 Å². The van der Waals surface area contributed by atoms with Crippen molar-refractivity contribution in [1.82, 2.24) is 20.1 Å². The highest BCUT2D eigenvalue weighted by Gasteiger charge is 2.41. The van der Waals surface area contributed by atoms with Crippen molar-refractivity contribution in [3.05, 3.63) is 53.3 Å². The number of ketones is 1. The lowest BCUT2D eigenvalue weighted by Gasteiger charge is -2.33. The normalized spacial score (nSPS) is 17.7. The number of piperazine rings is 1. The number of nitrogens with one attached hydrogen (secondary N) is 1. The van der Waals surface area contributed by atoms with Crippen LogP contribution < -0.4 is 14.7 Å². The van der Waals surface area contributed by atoms with E-state index in [1.54, 1.807) is 25.1 Å². The topological polar surface area (TPSA) is 176 Å². The molecule has 0 saturated carbocycles. The van der Waals surface area contributed by atoms with Gasteiger partial charge >= 0.3 is 30.9 Å². The fourth-order valence-electron chi connectivity index (χ4n) is 4.58. The van der Waals surface area contributed by atoms with E-state index in [0.29, 0.717) is 17.9 Å². The molecule has 2 aromatic rings. The number of carboxylic acid groups (broad SMARTS) is 1. The second-order valence-electron chi connectivity index (χ2n) is 9.09. The fourth-order valence-corrected chi connectivity index (χ4v) is 4.58. The predicted octanol–water partition coefficient (Wildman–Crippen LogP) is 0.675. The maximum Gasteiger partial charge on any atom is 0.526 e. The Labute approximate surface area is 223 Å². The van der Waals surface area contributed by atoms with Crippen LogP contribution in [-0.2, 0) is 20.8 Å². The summed E-state index contributed by atoms with van der Waals surface area (Å²) in [6, 6.07) is 5.31. The van der Waals surface area contributed by atoms with Crippen molar-refractivity contribution >= 4 is 36.7 Å². The van der Waals surface area contributed by atoms with Gasteiger partial charge in [0.05, 0.1) is 24.6 Å². The highest BCUT2D eigenvalue weighted by molar-refractivity contribution is 6.47. The van der Waals surface area contributed by atoms with E-state index >= 15 is 0 Å². The molecule has 14 heteroatoms. The number of aromatic carboxylic acids is 1. The van der Waals surface area contributed by atoms with Crippen LogP contribution in [0.3, 0.4) is 0 Å². The van der Waals surface area contributed by atoms with Crippen molar-refractivity contribution < 1.29 is 43.5 Å². The molecule has 0 spiro atoms. The molecule has 0 aliphatic carbocycles. The first-order chi connectivity index (χ1) is 18.6. The lowest BCUT2D eigenvalue weighted by atomic mass is 9.64. The fraction of sp³-hybridized carbons (Fsp3) is 0.360. The molecule has 3 heterocycles. The van der Waals surface area contributed by atoms with Gasteiger partial charge in [0.25, 0.3) is 0 Å². The summed E-state index contributed by atoms with van der Waals surface area (Å²) in [4.78, 5) is 69.2. The molecule has 13 nitrogen and oxygen atoms in total. The monoisotopic (exact) mass is 538 g/mol. The molecule has 1 unspecified atom stereocenters. The van der Waals surface area contributed by atoms with E-state index < -0.39 is 48.6 Å². The number of pyridine rings is 1. The molecule has 204 valence electrons. The van der Waals surface area contributed by atoms with Gasteiger partial charge in [-0.3, -0.25) is 24.3 Å². The summed E-state index contributed by atoms with van der Waals surface area (Å²) in [6.45, 7) is 2.16. The van der Waals surface area contributed by atoms with Gasteiger partial charge in [-0.2, -0.15) is 0 Å². The van der Waals surface area contributed by atoms with Crippen molar-refractivity contribution in [1.29, 1.82) is 0 Å². The molecular weight excluding hydrogens is 511 g/mol.